The standard InChI is InChI=1S/C17H13N9O3S/c1-24-9-18-21-17(24)30-15-6-5-11(7-14(15)26(28)29)16(27)20-12-3-2-4-13(8-12)25-10-19-22-23-25/h2-10H,1H3,(H,20,27). The number of carbonyl (C=O) groups excluding carboxylic acids is 1. The number of tetrazole rings is 1. The van der Waals surface area contributed by atoms with E-state index in [1.807, 2.05) is 0 Å². The summed E-state index contributed by atoms with van der Waals surface area (Å²) in [5.74, 6) is -0.484. The molecule has 0 bridgehead atoms. The third kappa shape index (κ3) is 4.00. The number of nitrogens with zero attached hydrogens (tertiary/aromatic N) is 8. The van der Waals surface area contributed by atoms with Crippen LogP contribution in [0.2, 0.25) is 0 Å². The Labute approximate surface area is 173 Å². The lowest BCUT2D eigenvalue weighted by atomic mass is 10.2. The fourth-order valence-electron chi connectivity index (χ4n) is 2.56. The highest BCUT2D eigenvalue weighted by Crippen LogP contribution is 2.34. The molecule has 2 heterocycles. The molecule has 0 saturated heterocycles. The summed E-state index contributed by atoms with van der Waals surface area (Å²) >= 11 is 1.10. The Morgan fingerprint density at radius 1 is 1.17 bits per heavy atom. The third-order valence-corrected chi connectivity index (χ3v) is 5.12. The van der Waals surface area contributed by atoms with Crippen LogP contribution >= 0.6 is 11.8 Å². The maximum Gasteiger partial charge on any atom is 0.284 e. The molecule has 0 spiro atoms. The van der Waals surface area contributed by atoms with E-state index in [4.69, 9.17) is 0 Å². The maximum absolute atomic E-state index is 12.7. The second kappa shape index (κ2) is 8.08. The van der Waals surface area contributed by atoms with Crippen LogP contribution in [-0.4, -0.2) is 45.8 Å². The van der Waals surface area contributed by atoms with Gasteiger partial charge in [-0.05, 0) is 52.5 Å². The second-order valence-corrected chi connectivity index (χ2v) is 7.03. The van der Waals surface area contributed by atoms with E-state index in [0.29, 0.717) is 21.4 Å². The Balaban J connectivity index is 1.57. The van der Waals surface area contributed by atoms with Crippen LogP contribution in [-0.2, 0) is 7.05 Å². The highest BCUT2D eigenvalue weighted by atomic mass is 32.2. The van der Waals surface area contributed by atoms with E-state index < -0.39 is 10.8 Å². The molecule has 2 aromatic carbocycles. The molecule has 1 amide bonds. The topological polar surface area (TPSA) is 147 Å². The fourth-order valence-corrected chi connectivity index (χ4v) is 3.41. The lowest BCUT2D eigenvalue weighted by Gasteiger charge is -2.08. The SMILES string of the molecule is Cn1cnnc1Sc1ccc(C(=O)Nc2cccc(-n3cnnn3)c2)cc1[N+](=O)[O-]. The summed E-state index contributed by atoms with van der Waals surface area (Å²) in [7, 11) is 1.74. The number of hydrogen-bond acceptors (Lipinski definition) is 9. The number of aryl methyl sites for hydroxylation is 1. The van der Waals surface area contributed by atoms with Crippen molar-refractivity contribution in [1.29, 1.82) is 0 Å². The molecule has 0 atom stereocenters. The van der Waals surface area contributed by atoms with Gasteiger partial charge in [0.1, 0.15) is 12.7 Å². The molecule has 2 aromatic heterocycles. The van der Waals surface area contributed by atoms with Gasteiger partial charge in [0.05, 0.1) is 15.5 Å². The Morgan fingerprint density at radius 3 is 2.73 bits per heavy atom. The predicted molar refractivity (Wildman–Crippen MR) is 105 cm³/mol. The number of nitrogens with one attached hydrogen (secondary N) is 1. The van der Waals surface area contributed by atoms with Gasteiger partial charge in [-0.2, -0.15) is 0 Å². The van der Waals surface area contributed by atoms with Crippen molar-refractivity contribution in [2.75, 3.05) is 5.32 Å². The molecular weight excluding hydrogens is 410 g/mol. The number of anilines is 1. The van der Waals surface area contributed by atoms with E-state index in [-0.39, 0.29) is 11.3 Å². The smallest absolute Gasteiger partial charge is 0.284 e. The molecule has 0 radical (unpaired) electrons. The van der Waals surface area contributed by atoms with Crippen molar-refractivity contribution in [2.24, 2.45) is 7.05 Å². The summed E-state index contributed by atoms with van der Waals surface area (Å²) in [6, 6.07) is 11.2. The Hall–Kier alpha value is -4.13. The molecule has 13 heteroatoms. The van der Waals surface area contributed by atoms with E-state index in [9.17, 15) is 14.9 Å². The maximum atomic E-state index is 12.7. The summed E-state index contributed by atoms with van der Waals surface area (Å²) in [5.41, 5.74) is 1.10. The van der Waals surface area contributed by atoms with Crippen LogP contribution in [0.4, 0.5) is 11.4 Å². The largest absolute Gasteiger partial charge is 0.322 e. The highest BCUT2D eigenvalue weighted by molar-refractivity contribution is 7.99. The number of amides is 1. The normalized spacial score (nSPS) is 10.7. The Kier molecular flexibility index (Phi) is 5.17. The second-order valence-electron chi connectivity index (χ2n) is 6.02. The number of nitro benzene ring substituents is 1. The first-order valence-corrected chi connectivity index (χ1v) is 9.28. The first-order valence-electron chi connectivity index (χ1n) is 8.46. The molecule has 150 valence electrons. The van der Waals surface area contributed by atoms with Crippen LogP contribution in [0.15, 0.2) is 65.2 Å². The van der Waals surface area contributed by atoms with E-state index in [0.717, 1.165) is 11.8 Å². The van der Waals surface area contributed by atoms with Crippen LogP contribution in [0.1, 0.15) is 10.4 Å². The molecule has 0 fully saturated rings. The zero-order valence-electron chi connectivity index (χ0n) is 15.4. The molecule has 0 aliphatic carbocycles. The number of carbonyl (C=O) groups is 1. The van der Waals surface area contributed by atoms with Gasteiger partial charge in [-0.1, -0.05) is 6.07 Å². The lowest BCUT2D eigenvalue weighted by molar-refractivity contribution is -0.387. The average molecular weight is 423 g/mol. The fraction of sp³-hybridized carbons (Fsp3) is 0.0588. The third-order valence-electron chi connectivity index (χ3n) is 4.01. The first kappa shape index (κ1) is 19.2. The van der Waals surface area contributed by atoms with Crippen molar-refractivity contribution < 1.29 is 9.72 Å². The van der Waals surface area contributed by atoms with E-state index in [1.54, 1.807) is 35.9 Å². The highest BCUT2D eigenvalue weighted by Gasteiger charge is 2.20. The van der Waals surface area contributed by atoms with Crippen molar-refractivity contribution in [1.82, 2.24) is 35.0 Å². The molecule has 0 aliphatic heterocycles. The minimum absolute atomic E-state index is 0.150. The molecule has 0 unspecified atom stereocenters. The summed E-state index contributed by atoms with van der Waals surface area (Å²) in [6.07, 6.45) is 2.93. The van der Waals surface area contributed by atoms with E-state index >= 15 is 0 Å². The molecular formula is C17H13N9O3S. The number of benzene rings is 2. The monoisotopic (exact) mass is 423 g/mol. The number of aromatic nitrogens is 7. The van der Waals surface area contributed by atoms with Gasteiger partial charge >= 0.3 is 0 Å². The average Bonchev–Trinajstić information content (AvgIpc) is 3.41. The molecule has 12 nitrogen and oxygen atoms in total. The van der Waals surface area contributed by atoms with Crippen LogP contribution in [0.25, 0.3) is 5.69 Å². The molecule has 1 N–H and O–H groups in total. The zero-order valence-corrected chi connectivity index (χ0v) is 16.2. The molecule has 0 saturated carbocycles. The van der Waals surface area contributed by atoms with Crippen LogP contribution in [0.5, 0.6) is 0 Å². The van der Waals surface area contributed by atoms with Gasteiger partial charge in [0, 0.05) is 24.4 Å². The van der Waals surface area contributed by atoms with Gasteiger partial charge in [0.2, 0.25) is 0 Å². The van der Waals surface area contributed by atoms with Crippen molar-refractivity contribution in [2.45, 2.75) is 10.1 Å². The van der Waals surface area contributed by atoms with Crippen LogP contribution in [0.3, 0.4) is 0 Å². The summed E-state index contributed by atoms with van der Waals surface area (Å²) in [4.78, 5) is 24.0. The van der Waals surface area contributed by atoms with Gasteiger partial charge in [0.15, 0.2) is 5.16 Å². The van der Waals surface area contributed by atoms with Crippen LogP contribution < -0.4 is 5.32 Å². The van der Waals surface area contributed by atoms with E-state index in [1.165, 1.54) is 35.5 Å². The molecule has 4 aromatic rings. The van der Waals surface area contributed by atoms with Gasteiger partial charge < -0.3 is 9.88 Å². The van der Waals surface area contributed by atoms with Crippen molar-refractivity contribution in [3.63, 3.8) is 0 Å². The minimum atomic E-state index is -0.534. The van der Waals surface area contributed by atoms with Gasteiger partial charge in [-0.15, -0.1) is 15.3 Å². The van der Waals surface area contributed by atoms with Crippen molar-refractivity contribution in [3.05, 3.63) is 70.8 Å². The summed E-state index contributed by atoms with van der Waals surface area (Å²) in [6.45, 7) is 0. The molecule has 30 heavy (non-hydrogen) atoms. The van der Waals surface area contributed by atoms with Gasteiger partial charge in [-0.25, -0.2) is 4.68 Å². The van der Waals surface area contributed by atoms with Crippen molar-refractivity contribution in [3.8, 4) is 5.69 Å². The lowest BCUT2D eigenvalue weighted by Crippen LogP contribution is -2.12. The predicted octanol–water partition coefficient (Wildman–Crippen LogP) is 2.10. The number of hydrogen-bond donors (Lipinski definition) is 1. The minimum Gasteiger partial charge on any atom is -0.322 e. The zero-order chi connectivity index (χ0) is 21.1. The Morgan fingerprint density at radius 2 is 2.03 bits per heavy atom. The molecule has 0 aliphatic rings. The molecule has 4 rings (SSSR count). The summed E-state index contributed by atoms with van der Waals surface area (Å²) in [5, 5.41) is 33.4. The van der Waals surface area contributed by atoms with Crippen molar-refractivity contribution >= 4 is 29.0 Å². The van der Waals surface area contributed by atoms with E-state index in [2.05, 4.69) is 31.0 Å². The Bertz CT molecular complexity index is 1220. The summed E-state index contributed by atoms with van der Waals surface area (Å²) < 4.78 is 3.09. The number of rotatable bonds is 6. The van der Waals surface area contributed by atoms with Gasteiger partial charge in [0.25, 0.3) is 11.6 Å². The quantitative estimate of drug-likeness (QED) is 0.364. The first-order chi connectivity index (χ1) is 14.5. The van der Waals surface area contributed by atoms with Crippen LogP contribution in [0, 0.1) is 10.1 Å². The van der Waals surface area contributed by atoms with Gasteiger partial charge in [-0.3, -0.25) is 14.9 Å². The number of nitro groups is 1.